The summed E-state index contributed by atoms with van der Waals surface area (Å²) in [5, 5.41) is 9.25. The third-order valence-electron chi connectivity index (χ3n) is 3.77. The van der Waals surface area contributed by atoms with E-state index >= 15 is 0 Å². The quantitative estimate of drug-likeness (QED) is 0.806. The van der Waals surface area contributed by atoms with E-state index in [-0.39, 0.29) is 6.42 Å². The van der Waals surface area contributed by atoms with E-state index in [2.05, 4.69) is 0 Å². The lowest BCUT2D eigenvalue weighted by molar-refractivity contribution is -0.189. The van der Waals surface area contributed by atoms with E-state index in [4.69, 9.17) is 4.74 Å². The van der Waals surface area contributed by atoms with Gasteiger partial charge in [0.15, 0.2) is 0 Å². The summed E-state index contributed by atoms with van der Waals surface area (Å²) in [4.78, 5) is 24.2. The number of carbonyl (C=O) groups excluding carboxylic acids is 1. The van der Waals surface area contributed by atoms with E-state index in [9.17, 15) is 23.5 Å². The van der Waals surface area contributed by atoms with Crippen molar-refractivity contribution in [2.24, 2.45) is 5.92 Å². The van der Waals surface area contributed by atoms with Crippen molar-refractivity contribution in [3.63, 3.8) is 0 Å². The number of carbonyl (C=O) groups is 2. The van der Waals surface area contributed by atoms with Gasteiger partial charge in [0.1, 0.15) is 11.6 Å². The minimum Gasteiger partial charge on any atom is -0.480 e. The number of nitrogens with zero attached hydrogens (tertiary/aromatic N) is 1. The Bertz CT molecular complexity index is 433. The molecule has 2 bridgehead atoms. The summed E-state index contributed by atoms with van der Waals surface area (Å²) in [5.41, 5.74) is -0.855. The number of alkyl halides is 2. The molecule has 0 spiro atoms. The summed E-state index contributed by atoms with van der Waals surface area (Å²) in [6.07, 6.45) is -0.940. The van der Waals surface area contributed by atoms with Crippen LogP contribution in [-0.4, -0.2) is 45.7 Å². The van der Waals surface area contributed by atoms with Crippen LogP contribution in [0.5, 0.6) is 0 Å². The number of carboxylic acids is 1. The van der Waals surface area contributed by atoms with Crippen LogP contribution in [0.15, 0.2) is 0 Å². The predicted molar refractivity (Wildman–Crippen MR) is 65.6 cm³/mol. The van der Waals surface area contributed by atoms with Crippen molar-refractivity contribution in [1.29, 1.82) is 0 Å². The first-order chi connectivity index (χ1) is 9.03. The normalized spacial score (nSPS) is 32.0. The first-order valence-electron chi connectivity index (χ1n) is 6.65. The molecule has 1 N–H and O–H groups in total. The van der Waals surface area contributed by atoms with Gasteiger partial charge >= 0.3 is 12.1 Å². The molecule has 1 saturated carbocycles. The van der Waals surface area contributed by atoms with Gasteiger partial charge in [-0.2, -0.15) is 0 Å². The molecule has 0 aromatic rings. The van der Waals surface area contributed by atoms with Crippen LogP contribution in [0.25, 0.3) is 0 Å². The van der Waals surface area contributed by atoms with E-state index in [1.807, 2.05) is 0 Å². The Morgan fingerprint density at radius 2 is 1.90 bits per heavy atom. The lowest BCUT2D eigenvalue weighted by Crippen LogP contribution is -2.68. The Morgan fingerprint density at radius 1 is 1.30 bits per heavy atom. The van der Waals surface area contributed by atoms with Gasteiger partial charge in [-0.05, 0) is 39.5 Å². The molecule has 2 aliphatic heterocycles. The second-order valence-corrected chi connectivity index (χ2v) is 6.49. The third-order valence-corrected chi connectivity index (χ3v) is 3.77. The first kappa shape index (κ1) is 15.0. The number of piperidine rings is 2. The van der Waals surface area contributed by atoms with Crippen LogP contribution >= 0.6 is 0 Å². The number of halogens is 2. The fraction of sp³-hybridized carbons (Fsp3) is 0.846. The van der Waals surface area contributed by atoms with E-state index in [1.165, 1.54) is 0 Å². The van der Waals surface area contributed by atoms with Gasteiger partial charge in [0.2, 0.25) is 0 Å². The Labute approximate surface area is 115 Å². The Balaban J connectivity index is 2.31. The van der Waals surface area contributed by atoms with E-state index in [1.54, 1.807) is 20.8 Å². The standard InChI is InChI=1S/C13H19F2NO4/c1-12(2,3)20-11(19)16-8-5-4-7(6-13(8,14)15)9(16)10(17)18/h7-9H,4-6H2,1-3H3,(H,17,18)/t7?,8?,9-/m0/s1. The monoisotopic (exact) mass is 291 g/mol. The summed E-state index contributed by atoms with van der Waals surface area (Å²) in [5.74, 6) is -5.02. The summed E-state index contributed by atoms with van der Waals surface area (Å²) in [6, 6.07) is -2.60. The minimum absolute atomic E-state index is 0.112. The zero-order valence-electron chi connectivity index (χ0n) is 11.7. The van der Waals surface area contributed by atoms with Gasteiger partial charge in [-0.15, -0.1) is 0 Å². The first-order valence-corrected chi connectivity index (χ1v) is 6.65. The number of rotatable bonds is 1. The van der Waals surface area contributed by atoms with Crippen LogP contribution in [0.3, 0.4) is 0 Å². The zero-order chi connectivity index (χ0) is 15.3. The summed E-state index contributed by atoms with van der Waals surface area (Å²) in [7, 11) is 0. The van der Waals surface area contributed by atoms with Crippen LogP contribution in [0.1, 0.15) is 40.0 Å². The highest BCUT2D eigenvalue weighted by Gasteiger charge is 2.61. The van der Waals surface area contributed by atoms with Crippen LogP contribution < -0.4 is 0 Å². The number of ether oxygens (including phenoxy) is 1. The molecule has 1 amide bonds. The molecule has 3 atom stereocenters. The van der Waals surface area contributed by atoms with Crippen molar-refractivity contribution in [2.75, 3.05) is 0 Å². The topological polar surface area (TPSA) is 66.8 Å². The Kier molecular flexibility index (Phi) is 3.42. The lowest BCUT2D eigenvalue weighted by Gasteiger charge is -2.52. The van der Waals surface area contributed by atoms with Crippen LogP contribution in [0, 0.1) is 5.92 Å². The van der Waals surface area contributed by atoms with Crippen molar-refractivity contribution < 1.29 is 28.2 Å². The molecule has 5 nitrogen and oxygen atoms in total. The Hall–Kier alpha value is -1.40. The molecule has 2 unspecified atom stereocenters. The largest absolute Gasteiger partial charge is 0.480 e. The number of carboxylic acid groups (broad SMARTS) is 1. The van der Waals surface area contributed by atoms with Gasteiger partial charge in [0.05, 0.1) is 6.04 Å². The molecule has 3 aliphatic rings. The fourth-order valence-corrected chi connectivity index (χ4v) is 3.08. The molecule has 0 aromatic carbocycles. The summed E-state index contributed by atoms with van der Waals surface area (Å²) < 4.78 is 33.0. The molecule has 2 heterocycles. The highest BCUT2D eigenvalue weighted by Crippen LogP contribution is 2.48. The number of hydrogen-bond donors (Lipinski definition) is 1. The molecule has 7 heteroatoms. The number of fused-ring (bicyclic) bond motifs is 3. The molecule has 3 rings (SSSR count). The van der Waals surface area contributed by atoms with Crippen molar-refractivity contribution in [3.05, 3.63) is 0 Å². The maximum absolute atomic E-state index is 13.9. The molecule has 3 fully saturated rings. The second kappa shape index (κ2) is 4.56. The van der Waals surface area contributed by atoms with Crippen molar-refractivity contribution in [3.8, 4) is 0 Å². The van der Waals surface area contributed by atoms with Crippen LogP contribution in [0.2, 0.25) is 0 Å². The van der Waals surface area contributed by atoms with Crippen molar-refractivity contribution in [2.45, 2.75) is 63.6 Å². The van der Waals surface area contributed by atoms with Crippen molar-refractivity contribution >= 4 is 12.1 Å². The Morgan fingerprint density at radius 3 is 2.35 bits per heavy atom. The second-order valence-electron chi connectivity index (χ2n) is 6.49. The molecule has 1 aliphatic carbocycles. The van der Waals surface area contributed by atoms with E-state index < -0.39 is 48.0 Å². The van der Waals surface area contributed by atoms with E-state index in [0.717, 1.165) is 4.90 Å². The van der Waals surface area contributed by atoms with Crippen LogP contribution in [-0.2, 0) is 9.53 Å². The minimum atomic E-state index is -3.05. The highest BCUT2D eigenvalue weighted by atomic mass is 19.3. The smallest absolute Gasteiger partial charge is 0.411 e. The average molecular weight is 291 g/mol. The van der Waals surface area contributed by atoms with Gasteiger partial charge in [0, 0.05) is 6.42 Å². The van der Waals surface area contributed by atoms with Gasteiger partial charge in [-0.3, -0.25) is 4.90 Å². The van der Waals surface area contributed by atoms with Gasteiger partial charge < -0.3 is 9.84 Å². The highest BCUT2D eigenvalue weighted by molar-refractivity contribution is 5.81. The SMILES string of the molecule is CC(C)(C)OC(=O)N1C2CCC(CC2(F)F)[C@H]1C(=O)O. The molecule has 20 heavy (non-hydrogen) atoms. The molecular formula is C13H19F2NO4. The number of aliphatic carboxylic acids is 1. The molecule has 2 saturated heterocycles. The van der Waals surface area contributed by atoms with Crippen LogP contribution in [0.4, 0.5) is 13.6 Å². The van der Waals surface area contributed by atoms with Crippen molar-refractivity contribution in [1.82, 2.24) is 4.90 Å². The lowest BCUT2D eigenvalue weighted by atomic mass is 9.72. The maximum atomic E-state index is 13.9. The molecule has 0 aromatic heterocycles. The maximum Gasteiger partial charge on any atom is 0.411 e. The molecular weight excluding hydrogens is 272 g/mol. The summed E-state index contributed by atoms with van der Waals surface area (Å²) >= 11 is 0. The van der Waals surface area contributed by atoms with Gasteiger partial charge in [-0.25, -0.2) is 18.4 Å². The summed E-state index contributed by atoms with van der Waals surface area (Å²) in [6.45, 7) is 4.84. The molecule has 114 valence electrons. The zero-order valence-corrected chi connectivity index (χ0v) is 11.7. The molecule has 0 radical (unpaired) electrons. The average Bonchev–Trinajstić information content (AvgIpc) is 2.24. The van der Waals surface area contributed by atoms with Gasteiger partial charge in [-0.1, -0.05) is 0 Å². The third kappa shape index (κ3) is 2.58. The fourth-order valence-electron chi connectivity index (χ4n) is 3.08. The number of amides is 1. The van der Waals surface area contributed by atoms with E-state index in [0.29, 0.717) is 6.42 Å². The van der Waals surface area contributed by atoms with Gasteiger partial charge in [0.25, 0.3) is 5.92 Å². The predicted octanol–water partition coefficient (Wildman–Crippen LogP) is 2.49. The number of hydrogen-bond acceptors (Lipinski definition) is 3.